The lowest BCUT2D eigenvalue weighted by Crippen LogP contribution is -2.58. The van der Waals surface area contributed by atoms with Crippen LogP contribution in [0.3, 0.4) is 0 Å². The van der Waals surface area contributed by atoms with Crippen LogP contribution in [-0.4, -0.2) is 69.4 Å². The molecule has 0 unspecified atom stereocenters. The fourth-order valence-electron chi connectivity index (χ4n) is 4.85. The van der Waals surface area contributed by atoms with Gasteiger partial charge in [0, 0.05) is 47.2 Å². The molecule has 1 aromatic heterocycles. The number of aryl methyl sites for hydroxylation is 1. The molecule has 3 amide bonds. The van der Waals surface area contributed by atoms with Gasteiger partial charge in [-0.25, -0.2) is 0 Å². The van der Waals surface area contributed by atoms with Crippen LogP contribution in [-0.2, 0) is 21.4 Å². The van der Waals surface area contributed by atoms with Gasteiger partial charge in [-0.05, 0) is 73.7 Å². The number of carbonyl (C=O) groups excluding carboxylic acids is 3. The number of hydrogen-bond acceptors (Lipinski definition) is 7. The van der Waals surface area contributed by atoms with Gasteiger partial charge in [0.1, 0.15) is 23.5 Å². The van der Waals surface area contributed by atoms with Gasteiger partial charge in [0.15, 0.2) is 0 Å². The van der Waals surface area contributed by atoms with Gasteiger partial charge in [0.25, 0.3) is 5.91 Å². The zero-order chi connectivity index (χ0) is 32.8. The molecule has 3 N–H and O–H groups in total. The fraction of sp³-hybridized carbons (Fsp3) is 0.206. The second-order valence-electron chi connectivity index (χ2n) is 10.5. The third-order valence-electron chi connectivity index (χ3n) is 7.24. The van der Waals surface area contributed by atoms with Crippen molar-refractivity contribution in [3.05, 3.63) is 100 Å². The van der Waals surface area contributed by atoms with Crippen LogP contribution in [0.1, 0.15) is 34.0 Å². The molecule has 2 heterocycles. The number of rotatable bonds is 6. The summed E-state index contributed by atoms with van der Waals surface area (Å²) in [6, 6.07) is 17.9. The van der Waals surface area contributed by atoms with Crippen LogP contribution >= 0.6 is 11.6 Å². The van der Waals surface area contributed by atoms with E-state index in [0.29, 0.717) is 44.2 Å². The second kappa shape index (κ2) is 14.0. The van der Waals surface area contributed by atoms with Crippen molar-refractivity contribution in [3.63, 3.8) is 0 Å². The normalized spacial score (nSPS) is 14.7. The molecule has 0 spiro atoms. The summed E-state index contributed by atoms with van der Waals surface area (Å²) in [5, 5.41) is 29.7. The van der Waals surface area contributed by atoms with Crippen molar-refractivity contribution >= 4 is 35.0 Å². The van der Waals surface area contributed by atoms with E-state index in [1.54, 1.807) is 61.2 Å². The number of halogens is 1. The van der Waals surface area contributed by atoms with Gasteiger partial charge in [-0.3, -0.25) is 19.1 Å². The number of morpholine rings is 1. The first kappa shape index (κ1) is 31.8. The molecule has 1 saturated heterocycles. The molecular weight excluding hydrogens is 608 g/mol. The van der Waals surface area contributed by atoms with Crippen LogP contribution in [0.4, 0.5) is 5.69 Å². The minimum absolute atomic E-state index is 0.00699. The van der Waals surface area contributed by atoms with Crippen molar-refractivity contribution < 1.29 is 24.2 Å². The first-order valence-corrected chi connectivity index (χ1v) is 14.7. The Morgan fingerprint density at radius 1 is 1.07 bits per heavy atom. The Morgan fingerprint density at radius 3 is 2.50 bits per heavy atom. The van der Waals surface area contributed by atoms with Gasteiger partial charge in [0.05, 0.1) is 30.4 Å². The summed E-state index contributed by atoms with van der Waals surface area (Å²) in [6.07, 6.45) is 1.75. The molecule has 2 atom stereocenters. The van der Waals surface area contributed by atoms with Gasteiger partial charge < -0.3 is 25.4 Å². The average molecular weight is 637 g/mol. The van der Waals surface area contributed by atoms with E-state index in [9.17, 15) is 19.5 Å². The minimum Gasteiger partial charge on any atom is -0.507 e. The smallest absolute Gasteiger partial charge is 0.251 e. The third-order valence-corrected chi connectivity index (χ3v) is 7.48. The molecule has 232 valence electrons. The molecule has 1 aliphatic heterocycles. The Kier molecular flexibility index (Phi) is 9.67. The first-order chi connectivity index (χ1) is 22.1. The Labute approximate surface area is 270 Å². The summed E-state index contributed by atoms with van der Waals surface area (Å²) in [5.74, 6) is 4.89. The monoisotopic (exact) mass is 636 g/mol. The molecule has 11 nitrogen and oxygen atoms in total. The van der Waals surface area contributed by atoms with E-state index in [2.05, 4.69) is 27.6 Å². The number of nitriles is 1. The summed E-state index contributed by atoms with van der Waals surface area (Å²) < 4.78 is 7.11. The Bertz CT molecular complexity index is 1890. The van der Waals surface area contributed by atoms with Gasteiger partial charge >= 0.3 is 0 Å². The van der Waals surface area contributed by atoms with Crippen LogP contribution in [0.15, 0.2) is 72.9 Å². The molecule has 0 saturated carbocycles. The first-order valence-electron chi connectivity index (χ1n) is 14.3. The lowest BCUT2D eigenvalue weighted by atomic mass is 10.1. The molecule has 0 radical (unpaired) electrons. The van der Waals surface area contributed by atoms with Crippen LogP contribution in [0.2, 0.25) is 5.02 Å². The van der Waals surface area contributed by atoms with Crippen LogP contribution < -0.4 is 10.6 Å². The zero-order valence-electron chi connectivity index (χ0n) is 25.0. The maximum atomic E-state index is 13.3. The second-order valence-corrected chi connectivity index (χ2v) is 11.0. The van der Waals surface area contributed by atoms with Gasteiger partial charge in [0.2, 0.25) is 11.8 Å². The van der Waals surface area contributed by atoms with Crippen LogP contribution in [0, 0.1) is 23.2 Å². The highest BCUT2D eigenvalue weighted by molar-refractivity contribution is 6.31. The number of phenols is 1. The number of nitrogens with zero attached hydrogens (tertiary/aromatic N) is 4. The maximum absolute atomic E-state index is 13.3. The van der Waals surface area contributed by atoms with Gasteiger partial charge in [-0.15, -0.1) is 0 Å². The number of anilines is 1. The van der Waals surface area contributed by atoms with E-state index in [-0.39, 0.29) is 25.5 Å². The molecular formula is C34H29ClN6O5. The van der Waals surface area contributed by atoms with Crippen molar-refractivity contribution in [3.8, 4) is 34.9 Å². The fourth-order valence-corrected chi connectivity index (χ4v) is 5.02. The maximum Gasteiger partial charge on any atom is 0.251 e. The molecule has 3 aromatic carbocycles. The Hall–Kier alpha value is -5.62. The van der Waals surface area contributed by atoms with Gasteiger partial charge in [-0.1, -0.05) is 23.4 Å². The number of benzene rings is 3. The van der Waals surface area contributed by atoms with E-state index in [1.165, 1.54) is 35.2 Å². The summed E-state index contributed by atoms with van der Waals surface area (Å²) in [7, 11) is 1.76. The number of phenolic OH excluding ortho intramolecular Hbond substituents is 1. The predicted molar refractivity (Wildman–Crippen MR) is 171 cm³/mol. The molecule has 1 fully saturated rings. The number of aromatic hydroxyl groups is 1. The summed E-state index contributed by atoms with van der Waals surface area (Å²) in [6.45, 7) is 2.01. The van der Waals surface area contributed by atoms with Crippen molar-refractivity contribution in [1.82, 2.24) is 20.0 Å². The highest BCUT2D eigenvalue weighted by Crippen LogP contribution is 2.32. The van der Waals surface area contributed by atoms with Gasteiger partial charge in [-0.2, -0.15) is 10.4 Å². The average Bonchev–Trinajstić information content (AvgIpc) is 3.44. The Balaban J connectivity index is 1.23. The number of hydrogen-bond donors (Lipinski definition) is 3. The SMILES string of the molecule is C[C@@H](NC(=O)c1ccc(C#N)cc1)C(=O)N1CCOC[C@H]1C(=O)Nc1ccc(C#Cc2cn(C)nc2-c2cc(Cl)ccc2O)cc1. The molecule has 5 rings (SSSR count). The van der Waals surface area contributed by atoms with Crippen molar-refractivity contribution in [2.24, 2.45) is 7.05 Å². The molecule has 4 aromatic rings. The highest BCUT2D eigenvalue weighted by atomic mass is 35.5. The van der Waals surface area contributed by atoms with Crippen molar-refractivity contribution in [2.75, 3.05) is 25.1 Å². The summed E-state index contributed by atoms with van der Waals surface area (Å²) >= 11 is 6.12. The number of carbonyl (C=O) groups is 3. The quantitative estimate of drug-likeness (QED) is 0.273. The van der Waals surface area contributed by atoms with E-state index in [0.717, 1.165) is 0 Å². The number of aromatic nitrogens is 2. The lowest BCUT2D eigenvalue weighted by molar-refractivity contribution is -0.147. The van der Waals surface area contributed by atoms with Crippen molar-refractivity contribution in [2.45, 2.75) is 19.0 Å². The molecule has 0 aliphatic carbocycles. The summed E-state index contributed by atoms with van der Waals surface area (Å²) in [5.41, 5.74) is 3.47. The lowest BCUT2D eigenvalue weighted by Gasteiger charge is -2.36. The molecule has 1 aliphatic rings. The van der Waals surface area contributed by atoms with E-state index in [1.807, 2.05) is 6.07 Å². The summed E-state index contributed by atoms with van der Waals surface area (Å²) in [4.78, 5) is 40.6. The van der Waals surface area contributed by atoms with Crippen LogP contribution in [0.5, 0.6) is 5.75 Å². The minimum atomic E-state index is -0.905. The molecule has 46 heavy (non-hydrogen) atoms. The predicted octanol–water partition coefficient (Wildman–Crippen LogP) is 3.70. The Morgan fingerprint density at radius 2 is 1.78 bits per heavy atom. The van der Waals surface area contributed by atoms with Crippen molar-refractivity contribution in [1.29, 1.82) is 5.26 Å². The standard InChI is InChI=1S/C34H29ClN6O5/c1-21(37-32(43)24-8-4-23(18-36)5-9-24)34(45)41-15-16-46-20-29(41)33(44)38-27-12-6-22(7-13-27)3-10-25-19-40(2)39-31(25)28-17-26(35)11-14-30(28)42/h4-9,11-14,17,19,21,29,42H,15-16,20H2,1-2H3,(H,37,43)(H,38,44)/t21-,29+/m1/s1. The highest BCUT2D eigenvalue weighted by Gasteiger charge is 2.35. The zero-order valence-corrected chi connectivity index (χ0v) is 25.7. The largest absolute Gasteiger partial charge is 0.507 e. The van der Waals surface area contributed by atoms with E-state index < -0.39 is 29.8 Å². The number of amides is 3. The topological polar surface area (TPSA) is 150 Å². The van der Waals surface area contributed by atoms with E-state index in [4.69, 9.17) is 21.6 Å². The van der Waals surface area contributed by atoms with E-state index >= 15 is 0 Å². The third kappa shape index (κ3) is 7.36. The molecule has 12 heteroatoms. The number of ether oxygens (including phenoxy) is 1. The number of nitrogens with one attached hydrogen (secondary N) is 2. The molecule has 0 bridgehead atoms. The van der Waals surface area contributed by atoms with Crippen LogP contribution in [0.25, 0.3) is 11.3 Å².